The minimum absolute atomic E-state index is 0.399. The molecule has 70 valence electrons. The van der Waals surface area contributed by atoms with Crippen LogP contribution in [0.15, 0.2) is 18.7 Å². The van der Waals surface area contributed by atoms with E-state index in [1.807, 2.05) is 6.92 Å². The van der Waals surface area contributed by atoms with Crippen molar-refractivity contribution in [1.29, 1.82) is 0 Å². The number of hydrogen-bond acceptors (Lipinski definition) is 0. The maximum Gasteiger partial charge on any atom is 0.0778 e. The molecule has 0 spiro atoms. The first-order valence-electron chi connectivity index (χ1n) is 3.89. The summed E-state index contributed by atoms with van der Waals surface area (Å²) in [6, 6.07) is 3.56. The summed E-state index contributed by atoms with van der Waals surface area (Å²) in [7, 11) is 0. The summed E-state index contributed by atoms with van der Waals surface area (Å²) in [4.78, 5) is 0. The highest BCUT2D eigenvalue weighted by Gasteiger charge is 2.06. The third kappa shape index (κ3) is 2.40. The van der Waals surface area contributed by atoms with E-state index in [2.05, 4.69) is 6.58 Å². The topological polar surface area (TPSA) is 0 Å². The van der Waals surface area contributed by atoms with Crippen LogP contribution in [0.25, 0.3) is 5.57 Å². The van der Waals surface area contributed by atoms with Gasteiger partial charge in [-0.05, 0) is 29.7 Å². The van der Waals surface area contributed by atoms with Crippen molar-refractivity contribution in [2.75, 3.05) is 0 Å². The second kappa shape index (κ2) is 4.36. The molecule has 0 aliphatic rings. The highest BCUT2D eigenvalue weighted by atomic mass is 35.5. The summed E-state index contributed by atoms with van der Waals surface area (Å²) >= 11 is 17.5. The van der Waals surface area contributed by atoms with Gasteiger partial charge in [0.2, 0.25) is 0 Å². The van der Waals surface area contributed by atoms with Crippen LogP contribution in [0.4, 0.5) is 0 Å². The van der Waals surface area contributed by atoms with Crippen LogP contribution in [0, 0.1) is 0 Å². The van der Waals surface area contributed by atoms with Crippen LogP contribution in [0.2, 0.25) is 15.1 Å². The van der Waals surface area contributed by atoms with Gasteiger partial charge in [-0.15, -0.1) is 0 Å². The maximum absolute atomic E-state index is 5.86. The van der Waals surface area contributed by atoms with Gasteiger partial charge in [0.05, 0.1) is 15.1 Å². The van der Waals surface area contributed by atoms with Gasteiger partial charge in [0.1, 0.15) is 0 Å². The predicted molar refractivity (Wildman–Crippen MR) is 60.8 cm³/mol. The summed E-state index contributed by atoms with van der Waals surface area (Å²) in [6.45, 7) is 5.92. The molecule has 0 saturated carbocycles. The Morgan fingerprint density at radius 2 is 1.69 bits per heavy atom. The van der Waals surface area contributed by atoms with Gasteiger partial charge in [-0.1, -0.05) is 48.3 Å². The van der Waals surface area contributed by atoms with Gasteiger partial charge in [0, 0.05) is 0 Å². The predicted octanol–water partition coefficient (Wildman–Crippen LogP) is 5.07. The fraction of sp³-hybridized carbons (Fsp3) is 0.200. The highest BCUT2D eigenvalue weighted by molar-refractivity contribution is 6.48. The maximum atomic E-state index is 5.86. The Morgan fingerprint density at radius 1 is 1.23 bits per heavy atom. The quantitative estimate of drug-likeness (QED) is 0.628. The Balaban J connectivity index is 3.20. The Hall–Kier alpha value is -0.170. The fourth-order valence-electron chi connectivity index (χ4n) is 0.964. The lowest BCUT2D eigenvalue weighted by molar-refractivity contribution is 1.24. The third-order valence-corrected chi connectivity index (χ3v) is 3.02. The average molecular weight is 236 g/mol. The minimum atomic E-state index is 0.399. The number of rotatable bonds is 2. The van der Waals surface area contributed by atoms with Crippen LogP contribution in [-0.2, 0) is 0 Å². The van der Waals surface area contributed by atoms with Crippen LogP contribution < -0.4 is 0 Å². The SMILES string of the molecule is C=C(CC)c1cc(Cl)c(Cl)c(Cl)c1. The van der Waals surface area contributed by atoms with E-state index in [-0.39, 0.29) is 0 Å². The van der Waals surface area contributed by atoms with E-state index in [0.29, 0.717) is 15.1 Å². The van der Waals surface area contributed by atoms with Crippen molar-refractivity contribution in [3.05, 3.63) is 39.3 Å². The van der Waals surface area contributed by atoms with Gasteiger partial charge in [-0.2, -0.15) is 0 Å². The van der Waals surface area contributed by atoms with Crippen molar-refractivity contribution in [2.24, 2.45) is 0 Å². The first kappa shape index (κ1) is 10.9. The standard InChI is InChI=1S/C10H9Cl3/c1-3-6(2)7-4-8(11)10(13)9(12)5-7/h4-5H,2-3H2,1H3. The second-order valence-corrected chi connectivity index (χ2v) is 3.90. The first-order valence-corrected chi connectivity index (χ1v) is 5.02. The van der Waals surface area contributed by atoms with Crippen LogP contribution in [0.3, 0.4) is 0 Å². The first-order chi connectivity index (χ1) is 6.06. The Morgan fingerprint density at radius 3 is 2.08 bits per heavy atom. The molecule has 0 nitrogen and oxygen atoms in total. The molecular weight excluding hydrogens is 226 g/mol. The number of halogens is 3. The normalized spacial score (nSPS) is 10.2. The Bertz CT molecular complexity index is 319. The Kier molecular flexibility index (Phi) is 3.66. The zero-order valence-electron chi connectivity index (χ0n) is 7.20. The second-order valence-electron chi connectivity index (χ2n) is 2.71. The fourth-order valence-corrected chi connectivity index (χ4v) is 1.56. The molecule has 0 amide bonds. The average Bonchev–Trinajstić information content (AvgIpc) is 2.12. The summed E-state index contributed by atoms with van der Waals surface area (Å²) in [5, 5.41) is 1.34. The van der Waals surface area contributed by atoms with Crippen molar-refractivity contribution < 1.29 is 0 Å². The van der Waals surface area contributed by atoms with Crippen molar-refractivity contribution in [3.8, 4) is 0 Å². The molecule has 0 atom stereocenters. The van der Waals surface area contributed by atoms with E-state index in [1.54, 1.807) is 12.1 Å². The van der Waals surface area contributed by atoms with E-state index < -0.39 is 0 Å². The molecule has 1 aromatic carbocycles. The van der Waals surface area contributed by atoms with Crippen LogP contribution in [0.1, 0.15) is 18.9 Å². The van der Waals surface area contributed by atoms with E-state index in [1.165, 1.54) is 0 Å². The summed E-state index contributed by atoms with van der Waals surface area (Å²) in [6.07, 6.45) is 0.869. The summed E-state index contributed by atoms with van der Waals surface area (Å²) in [5.41, 5.74) is 1.95. The van der Waals surface area contributed by atoms with Crippen LogP contribution in [-0.4, -0.2) is 0 Å². The van der Waals surface area contributed by atoms with Crippen molar-refractivity contribution in [3.63, 3.8) is 0 Å². The van der Waals surface area contributed by atoms with Crippen LogP contribution in [0.5, 0.6) is 0 Å². The molecule has 0 bridgehead atoms. The van der Waals surface area contributed by atoms with E-state index in [4.69, 9.17) is 34.8 Å². The Labute approximate surface area is 93.1 Å². The molecule has 13 heavy (non-hydrogen) atoms. The van der Waals surface area contributed by atoms with Crippen molar-refractivity contribution in [1.82, 2.24) is 0 Å². The highest BCUT2D eigenvalue weighted by Crippen LogP contribution is 2.33. The zero-order chi connectivity index (χ0) is 10.0. The molecule has 0 saturated heterocycles. The smallest absolute Gasteiger partial charge is 0.0778 e. The van der Waals surface area contributed by atoms with E-state index in [9.17, 15) is 0 Å². The number of hydrogen-bond donors (Lipinski definition) is 0. The van der Waals surface area contributed by atoms with Gasteiger partial charge in [0.15, 0.2) is 0 Å². The van der Waals surface area contributed by atoms with Gasteiger partial charge in [-0.3, -0.25) is 0 Å². The third-order valence-electron chi connectivity index (χ3n) is 1.82. The monoisotopic (exact) mass is 234 g/mol. The number of allylic oxidation sites excluding steroid dienone is 1. The molecule has 0 aliphatic heterocycles. The molecule has 0 radical (unpaired) electrons. The van der Waals surface area contributed by atoms with Crippen molar-refractivity contribution in [2.45, 2.75) is 13.3 Å². The molecule has 1 aromatic rings. The lowest BCUT2D eigenvalue weighted by Crippen LogP contribution is -1.82. The molecule has 3 heteroatoms. The number of benzene rings is 1. The van der Waals surface area contributed by atoms with Gasteiger partial charge in [-0.25, -0.2) is 0 Å². The summed E-state index contributed by atoms with van der Waals surface area (Å²) in [5.74, 6) is 0. The minimum Gasteiger partial charge on any atom is -0.0952 e. The molecular formula is C10H9Cl3. The lowest BCUT2D eigenvalue weighted by Gasteiger charge is -2.06. The largest absolute Gasteiger partial charge is 0.0952 e. The van der Waals surface area contributed by atoms with E-state index in [0.717, 1.165) is 17.6 Å². The summed E-state index contributed by atoms with van der Waals surface area (Å²) < 4.78 is 0. The molecule has 0 aromatic heterocycles. The molecule has 0 fully saturated rings. The lowest BCUT2D eigenvalue weighted by atomic mass is 10.1. The zero-order valence-corrected chi connectivity index (χ0v) is 9.47. The molecule has 1 rings (SSSR count). The molecule has 0 heterocycles. The van der Waals surface area contributed by atoms with Gasteiger partial charge < -0.3 is 0 Å². The molecule has 0 N–H and O–H groups in total. The molecule has 0 unspecified atom stereocenters. The van der Waals surface area contributed by atoms with Gasteiger partial charge in [0.25, 0.3) is 0 Å². The molecule has 0 aliphatic carbocycles. The van der Waals surface area contributed by atoms with E-state index >= 15 is 0 Å². The van der Waals surface area contributed by atoms with Crippen LogP contribution >= 0.6 is 34.8 Å². The van der Waals surface area contributed by atoms with Crippen molar-refractivity contribution >= 4 is 40.4 Å². The van der Waals surface area contributed by atoms with Gasteiger partial charge >= 0.3 is 0 Å².